The lowest BCUT2D eigenvalue weighted by molar-refractivity contribution is -0.149. The van der Waals surface area contributed by atoms with Crippen molar-refractivity contribution < 1.29 is 23.9 Å². The number of benzene rings is 2. The maximum Gasteiger partial charge on any atom is 0.410 e. The Morgan fingerprint density at radius 1 is 1.00 bits per heavy atom. The number of rotatable bonds is 7. The lowest BCUT2D eigenvalue weighted by Gasteiger charge is -2.29. The van der Waals surface area contributed by atoms with E-state index in [4.69, 9.17) is 9.47 Å². The van der Waals surface area contributed by atoms with Gasteiger partial charge in [-0.1, -0.05) is 60.7 Å². The number of carbonyl (C=O) groups is 3. The number of carbonyl (C=O) groups excluding carboxylic acids is 3. The van der Waals surface area contributed by atoms with E-state index in [1.54, 1.807) is 20.8 Å². The van der Waals surface area contributed by atoms with Crippen molar-refractivity contribution in [1.82, 2.24) is 10.2 Å². The second-order valence-electron chi connectivity index (χ2n) is 9.18. The van der Waals surface area contributed by atoms with Crippen molar-refractivity contribution in [2.45, 2.75) is 64.3 Å². The van der Waals surface area contributed by atoms with Crippen LogP contribution in [0, 0.1) is 0 Å². The van der Waals surface area contributed by atoms with E-state index in [-0.39, 0.29) is 12.5 Å². The standard InChI is InChI=1S/C26H32N2O5/c1-26(2,3)33-25(31)28-16-10-15-22(28)23(29)27-21(17-19-11-6-4-7-12-19)24(30)32-18-20-13-8-5-9-14-20/h4-9,11-14,21-22H,10,15-18H2,1-3H3,(H,27,29)/t21-,22-/m0/s1. The Bertz CT molecular complexity index is 940. The van der Waals surface area contributed by atoms with Crippen LogP contribution >= 0.6 is 0 Å². The topological polar surface area (TPSA) is 84.9 Å². The van der Waals surface area contributed by atoms with Crippen molar-refractivity contribution in [1.29, 1.82) is 0 Å². The summed E-state index contributed by atoms with van der Waals surface area (Å²) >= 11 is 0. The van der Waals surface area contributed by atoms with Gasteiger partial charge in [0.05, 0.1) is 0 Å². The van der Waals surface area contributed by atoms with Crippen LogP contribution in [0.4, 0.5) is 4.79 Å². The molecule has 0 bridgehead atoms. The Balaban J connectivity index is 1.69. The molecule has 1 fully saturated rings. The zero-order chi connectivity index (χ0) is 23.8. The van der Waals surface area contributed by atoms with E-state index >= 15 is 0 Å². The maximum absolute atomic E-state index is 13.1. The molecule has 0 aromatic heterocycles. The van der Waals surface area contributed by atoms with Gasteiger partial charge in [-0.05, 0) is 44.7 Å². The highest BCUT2D eigenvalue weighted by Gasteiger charge is 2.38. The third kappa shape index (κ3) is 7.34. The smallest absolute Gasteiger partial charge is 0.410 e. The highest BCUT2D eigenvalue weighted by Crippen LogP contribution is 2.21. The Morgan fingerprint density at radius 3 is 2.21 bits per heavy atom. The summed E-state index contributed by atoms with van der Waals surface area (Å²) in [4.78, 5) is 40.1. The van der Waals surface area contributed by atoms with E-state index in [0.717, 1.165) is 11.1 Å². The number of nitrogens with one attached hydrogen (secondary N) is 1. The first kappa shape index (κ1) is 24.3. The quantitative estimate of drug-likeness (QED) is 0.645. The molecule has 2 aromatic carbocycles. The fraction of sp³-hybridized carbons (Fsp3) is 0.423. The zero-order valence-electron chi connectivity index (χ0n) is 19.5. The summed E-state index contributed by atoms with van der Waals surface area (Å²) in [6.07, 6.45) is 0.979. The normalized spacial score (nSPS) is 16.7. The zero-order valence-corrected chi connectivity index (χ0v) is 19.5. The van der Waals surface area contributed by atoms with E-state index < -0.39 is 29.7 Å². The number of nitrogens with zero attached hydrogens (tertiary/aromatic N) is 1. The van der Waals surface area contributed by atoms with Gasteiger partial charge in [0.2, 0.25) is 5.91 Å². The van der Waals surface area contributed by atoms with Crippen LogP contribution < -0.4 is 5.32 Å². The summed E-state index contributed by atoms with van der Waals surface area (Å²) in [5, 5.41) is 2.83. The second-order valence-corrected chi connectivity index (χ2v) is 9.18. The molecule has 3 rings (SSSR count). The van der Waals surface area contributed by atoms with Gasteiger partial charge in [0.1, 0.15) is 24.3 Å². The van der Waals surface area contributed by atoms with Crippen LogP contribution in [0.15, 0.2) is 60.7 Å². The summed E-state index contributed by atoms with van der Waals surface area (Å²) in [7, 11) is 0. The summed E-state index contributed by atoms with van der Waals surface area (Å²) in [5.74, 6) is -0.895. The first-order valence-electron chi connectivity index (χ1n) is 11.3. The average molecular weight is 453 g/mol. The van der Waals surface area contributed by atoms with Gasteiger partial charge >= 0.3 is 12.1 Å². The van der Waals surface area contributed by atoms with Gasteiger partial charge in [0, 0.05) is 13.0 Å². The predicted octanol–water partition coefficient (Wildman–Crippen LogP) is 3.86. The van der Waals surface area contributed by atoms with Crippen molar-refractivity contribution in [3.63, 3.8) is 0 Å². The highest BCUT2D eigenvalue weighted by atomic mass is 16.6. The number of amides is 2. The van der Waals surface area contributed by atoms with Crippen molar-refractivity contribution in [2.75, 3.05) is 6.54 Å². The molecule has 2 aromatic rings. The molecule has 1 aliphatic heterocycles. The van der Waals surface area contributed by atoms with Gasteiger partial charge in [-0.2, -0.15) is 0 Å². The fourth-order valence-corrected chi connectivity index (χ4v) is 3.72. The lowest BCUT2D eigenvalue weighted by Crippen LogP contribution is -2.52. The summed E-state index contributed by atoms with van der Waals surface area (Å²) < 4.78 is 11.0. The third-order valence-corrected chi connectivity index (χ3v) is 5.29. The Kier molecular flexibility index (Phi) is 8.09. The Hall–Kier alpha value is -3.35. The van der Waals surface area contributed by atoms with E-state index in [9.17, 15) is 14.4 Å². The van der Waals surface area contributed by atoms with Crippen LogP contribution in [0.5, 0.6) is 0 Å². The highest BCUT2D eigenvalue weighted by molar-refractivity contribution is 5.90. The van der Waals surface area contributed by atoms with E-state index in [1.807, 2.05) is 60.7 Å². The van der Waals surface area contributed by atoms with Crippen molar-refractivity contribution in [3.8, 4) is 0 Å². The molecule has 1 N–H and O–H groups in total. The van der Waals surface area contributed by atoms with Gasteiger partial charge in [0.25, 0.3) is 0 Å². The average Bonchev–Trinajstić information content (AvgIpc) is 3.28. The van der Waals surface area contributed by atoms with Crippen LogP contribution in [0.2, 0.25) is 0 Å². The summed E-state index contributed by atoms with van der Waals surface area (Å²) in [6.45, 7) is 5.92. The Labute approximate surface area is 195 Å². The largest absolute Gasteiger partial charge is 0.459 e. The molecule has 176 valence electrons. The number of hydrogen-bond donors (Lipinski definition) is 1. The molecule has 1 saturated heterocycles. The van der Waals surface area contributed by atoms with E-state index in [1.165, 1.54) is 4.90 Å². The van der Waals surface area contributed by atoms with Crippen LogP contribution in [0.25, 0.3) is 0 Å². The maximum atomic E-state index is 13.1. The van der Waals surface area contributed by atoms with E-state index in [0.29, 0.717) is 25.8 Å². The SMILES string of the molecule is CC(C)(C)OC(=O)N1CCC[C@H]1C(=O)N[C@@H](Cc1ccccc1)C(=O)OCc1ccccc1. The second kappa shape index (κ2) is 11.0. The van der Waals surface area contributed by atoms with Gasteiger partial charge in [-0.3, -0.25) is 9.69 Å². The van der Waals surface area contributed by atoms with Crippen molar-refractivity contribution in [3.05, 3.63) is 71.8 Å². The predicted molar refractivity (Wildman–Crippen MR) is 124 cm³/mol. The molecular formula is C26H32N2O5. The molecular weight excluding hydrogens is 420 g/mol. The summed E-state index contributed by atoms with van der Waals surface area (Å²) in [6, 6.07) is 17.3. The Morgan fingerprint density at radius 2 is 1.61 bits per heavy atom. The number of hydrogen-bond acceptors (Lipinski definition) is 5. The van der Waals surface area contributed by atoms with Gasteiger partial charge in [0.15, 0.2) is 0 Å². The molecule has 1 aliphatic rings. The molecule has 7 heteroatoms. The molecule has 0 spiro atoms. The first-order chi connectivity index (χ1) is 15.7. The molecule has 33 heavy (non-hydrogen) atoms. The molecule has 2 amide bonds. The molecule has 0 saturated carbocycles. The van der Waals surface area contributed by atoms with Gasteiger partial charge in [-0.25, -0.2) is 9.59 Å². The van der Waals surface area contributed by atoms with E-state index in [2.05, 4.69) is 5.32 Å². The van der Waals surface area contributed by atoms with Crippen molar-refractivity contribution in [2.24, 2.45) is 0 Å². The van der Waals surface area contributed by atoms with Crippen molar-refractivity contribution >= 4 is 18.0 Å². The van der Waals surface area contributed by atoms with Crippen LogP contribution in [-0.2, 0) is 32.1 Å². The van der Waals surface area contributed by atoms with Crippen LogP contribution in [-0.4, -0.2) is 47.1 Å². The molecule has 1 heterocycles. The van der Waals surface area contributed by atoms with Crippen LogP contribution in [0.1, 0.15) is 44.7 Å². The van der Waals surface area contributed by atoms with Gasteiger partial charge < -0.3 is 14.8 Å². The molecule has 0 unspecified atom stereocenters. The minimum atomic E-state index is -0.871. The minimum Gasteiger partial charge on any atom is -0.459 e. The van der Waals surface area contributed by atoms with Crippen LogP contribution in [0.3, 0.4) is 0 Å². The first-order valence-corrected chi connectivity index (χ1v) is 11.3. The number of ether oxygens (including phenoxy) is 2. The number of likely N-dealkylation sites (tertiary alicyclic amines) is 1. The molecule has 2 atom stereocenters. The fourth-order valence-electron chi connectivity index (χ4n) is 3.72. The molecule has 0 aliphatic carbocycles. The minimum absolute atomic E-state index is 0.119. The summed E-state index contributed by atoms with van der Waals surface area (Å²) in [5.41, 5.74) is 1.11. The lowest BCUT2D eigenvalue weighted by atomic mass is 10.1. The molecule has 7 nitrogen and oxygen atoms in total. The monoisotopic (exact) mass is 452 g/mol. The van der Waals surface area contributed by atoms with Gasteiger partial charge in [-0.15, -0.1) is 0 Å². The number of esters is 1. The third-order valence-electron chi connectivity index (χ3n) is 5.29. The molecule has 0 radical (unpaired) electrons.